The molecule has 2 aliphatic rings. The molecule has 312 valence electrons. The molecular formula is C44H53N7O8. The number of nitrogens with zero attached hydrogens (tertiary/aromatic N) is 4. The number of nitrogens with one attached hydrogen (secondary N) is 2. The standard InChI is InChI=1S/C44H53N7O8/c1-44(2,3)59-43(54)48-34(30-15-10-7-11-16-30)26-39(52)50-20-21-51(41-47-35-25-38(56-5)37(55-4)24-33(35)40(45)49-41)36(27-50)31-17-12-18-32(23-31)57-22-19-46-42(53)58-28-29-13-8-6-9-14-29/h6-10,12-15,17-18,23-25,34,36H,11,16,19-22,26-28H2,1-5H3,(H,46,53)(H,48,54)(H2,45,47,49)/t34-,36?/m1/s1. The van der Waals surface area contributed by atoms with E-state index in [0.29, 0.717) is 47.2 Å². The number of anilines is 2. The minimum Gasteiger partial charge on any atom is -0.493 e. The van der Waals surface area contributed by atoms with Crippen LogP contribution in [-0.4, -0.2) is 91.6 Å². The molecule has 15 nitrogen and oxygen atoms in total. The number of nitrogen functional groups attached to an aromatic ring is 1. The number of carbonyl (C=O) groups excluding carboxylic acids is 3. The Hall–Kier alpha value is -6.51. The van der Waals surface area contributed by atoms with Crippen LogP contribution in [0.5, 0.6) is 17.2 Å². The number of amides is 3. The van der Waals surface area contributed by atoms with E-state index >= 15 is 0 Å². The topological polar surface area (TPSA) is 180 Å². The molecule has 1 aliphatic heterocycles. The Morgan fingerprint density at radius 1 is 0.949 bits per heavy atom. The van der Waals surface area contributed by atoms with Crippen molar-refractivity contribution < 1.29 is 38.1 Å². The van der Waals surface area contributed by atoms with Crippen molar-refractivity contribution in [2.24, 2.45) is 0 Å². The van der Waals surface area contributed by atoms with Gasteiger partial charge in [0.2, 0.25) is 11.9 Å². The van der Waals surface area contributed by atoms with Gasteiger partial charge in [0, 0.05) is 31.1 Å². The van der Waals surface area contributed by atoms with Crippen LogP contribution in [0.2, 0.25) is 0 Å². The Labute approximate surface area is 344 Å². The molecule has 6 rings (SSSR count). The van der Waals surface area contributed by atoms with Crippen LogP contribution in [0.4, 0.5) is 21.4 Å². The van der Waals surface area contributed by atoms with Crippen molar-refractivity contribution in [1.82, 2.24) is 25.5 Å². The molecule has 0 saturated carbocycles. The summed E-state index contributed by atoms with van der Waals surface area (Å²) in [7, 11) is 3.11. The van der Waals surface area contributed by atoms with Gasteiger partial charge in [0.15, 0.2) is 11.5 Å². The number of aromatic nitrogens is 2. The molecule has 15 heteroatoms. The quantitative estimate of drug-likeness (QED) is 0.118. The second kappa shape index (κ2) is 19.3. The van der Waals surface area contributed by atoms with Crippen LogP contribution >= 0.6 is 0 Å². The van der Waals surface area contributed by atoms with Gasteiger partial charge in [0.25, 0.3) is 0 Å². The molecule has 3 aromatic carbocycles. The molecule has 1 aromatic heterocycles. The van der Waals surface area contributed by atoms with Crippen LogP contribution in [0.15, 0.2) is 90.5 Å². The van der Waals surface area contributed by atoms with E-state index in [9.17, 15) is 14.4 Å². The lowest BCUT2D eigenvalue weighted by molar-refractivity contribution is -0.132. The maximum Gasteiger partial charge on any atom is 0.408 e. The van der Waals surface area contributed by atoms with Crippen molar-refractivity contribution in [3.05, 3.63) is 102 Å². The van der Waals surface area contributed by atoms with Gasteiger partial charge in [-0.25, -0.2) is 14.6 Å². The van der Waals surface area contributed by atoms with E-state index in [-0.39, 0.29) is 44.4 Å². The molecule has 0 spiro atoms. The number of rotatable bonds is 14. The van der Waals surface area contributed by atoms with Gasteiger partial charge in [0.05, 0.1) is 44.8 Å². The zero-order valence-electron chi connectivity index (χ0n) is 34.2. The Bertz CT molecular complexity index is 2170. The second-order valence-corrected chi connectivity index (χ2v) is 15.2. The Morgan fingerprint density at radius 3 is 2.46 bits per heavy atom. The minimum atomic E-state index is -0.697. The highest BCUT2D eigenvalue weighted by Crippen LogP contribution is 2.37. The van der Waals surface area contributed by atoms with Gasteiger partial charge < -0.3 is 49.9 Å². The zero-order valence-corrected chi connectivity index (χ0v) is 34.2. The van der Waals surface area contributed by atoms with Crippen LogP contribution in [-0.2, 0) is 20.9 Å². The third-order valence-corrected chi connectivity index (χ3v) is 9.87. The molecule has 1 fully saturated rings. The Morgan fingerprint density at radius 2 is 1.73 bits per heavy atom. The van der Waals surface area contributed by atoms with Crippen LogP contribution < -0.4 is 35.5 Å². The van der Waals surface area contributed by atoms with Gasteiger partial charge in [-0.2, -0.15) is 4.98 Å². The minimum absolute atomic E-state index is 0.0522. The summed E-state index contributed by atoms with van der Waals surface area (Å²) in [5.41, 5.74) is 9.11. The maximum atomic E-state index is 14.2. The highest BCUT2D eigenvalue weighted by atomic mass is 16.6. The number of hydrogen-bond acceptors (Lipinski definition) is 12. The highest BCUT2D eigenvalue weighted by Gasteiger charge is 2.35. The normalized spacial score (nSPS) is 15.8. The first-order valence-electron chi connectivity index (χ1n) is 19.7. The molecule has 4 aromatic rings. The van der Waals surface area contributed by atoms with E-state index in [1.807, 2.05) is 71.6 Å². The third kappa shape index (κ3) is 11.3. The summed E-state index contributed by atoms with van der Waals surface area (Å²) in [5, 5.41) is 6.29. The lowest BCUT2D eigenvalue weighted by atomic mass is 9.94. The van der Waals surface area contributed by atoms with Crippen molar-refractivity contribution in [2.75, 3.05) is 57.6 Å². The summed E-state index contributed by atoms with van der Waals surface area (Å²) in [5.74, 6) is 2.09. The zero-order chi connectivity index (χ0) is 41.9. The molecule has 2 heterocycles. The first-order chi connectivity index (χ1) is 28.4. The van der Waals surface area contributed by atoms with Gasteiger partial charge in [-0.15, -0.1) is 0 Å². The Kier molecular flexibility index (Phi) is 13.8. The van der Waals surface area contributed by atoms with E-state index < -0.39 is 29.9 Å². The fourth-order valence-corrected chi connectivity index (χ4v) is 6.98. The van der Waals surface area contributed by atoms with Crippen molar-refractivity contribution in [2.45, 2.75) is 64.3 Å². The van der Waals surface area contributed by atoms with Crippen molar-refractivity contribution in [1.29, 1.82) is 0 Å². The maximum absolute atomic E-state index is 14.2. The molecule has 0 bridgehead atoms. The first-order valence-corrected chi connectivity index (χ1v) is 19.7. The SMILES string of the molecule is COc1cc2nc(N3CCN(C(=O)C[C@@H](NC(=O)OC(C)(C)C)C4=CC=CCC4)CC3c3cccc(OCCNC(=O)OCc4ccccc4)c3)nc(N)c2cc1OC. The molecule has 1 saturated heterocycles. The molecular weight excluding hydrogens is 755 g/mol. The fraction of sp³-hybridized carbons (Fsp3) is 0.386. The number of carbonyl (C=O) groups is 3. The summed E-state index contributed by atoms with van der Waals surface area (Å²) < 4.78 is 28.0. The van der Waals surface area contributed by atoms with Crippen molar-refractivity contribution in [3.8, 4) is 17.2 Å². The lowest BCUT2D eigenvalue weighted by Gasteiger charge is -2.42. The van der Waals surface area contributed by atoms with E-state index in [4.69, 9.17) is 39.4 Å². The van der Waals surface area contributed by atoms with Crippen LogP contribution in [0.3, 0.4) is 0 Å². The fourth-order valence-electron chi connectivity index (χ4n) is 6.98. The summed E-state index contributed by atoms with van der Waals surface area (Å²) in [6.45, 7) is 7.00. The van der Waals surface area contributed by atoms with Crippen molar-refractivity contribution in [3.63, 3.8) is 0 Å². The van der Waals surface area contributed by atoms with E-state index in [1.54, 1.807) is 52.0 Å². The molecule has 3 amide bonds. The number of benzene rings is 3. The summed E-state index contributed by atoms with van der Waals surface area (Å²) >= 11 is 0. The molecule has 4 N–H and O–H groups in total. The predicted octanol–water partition coefficient (Wildman–Crippen LogP) is 6.48. The van der Waals surface area contributed by atoms with Crippen LogP contribution in [0, 0.1) is 0 Å². The van der Waals surface area contributed by atoms with Gasteiger partial charge in [-0.1, -0.05) is 60.7 Å². The highest BCUT2D eigenvalue weighted by molar-refractivity contribution is 5.92. The monoisotopic (exact) mass is 807 g/mol. The summed E-state index contributed by atoms with van der Waals surface area (Å²) in [4.78, 5) is 53.0. The number of alkyl carbamates (subject to hydrolysis) is 2. The van der Waals surface area contributed by atoms with Crippen LogP contribution in [0.25, 0.3) is 10.9 Å². The predicted molar refractivity (Wildman–Crippen MR) is 225 cm³/mol. The summed E-state index contributed by atoms with van der Waals surface area (Å²) in [6, 6.07) is 19.6. The number of hydrogen-bond donors (Lipinski definition) is 3. The molecule has 59 heavy (non-hydrogen) atoms. The van der Waals surface area contributed by atoms with Gasteiger partial charge in [-0.05, 0) is 68.5 Å². The number of methoxy groups -OCH3 is 2. The number of allylic oxidation sites excluding steroid dienone is 3. The largest absolute Gasteiger partial charge is 0.493 e. The second-order valence-electron chi connectivity index (χ2n) is 15.2. The van der Waals surface area contributed by atoms with E-state index in [2.05, 4.69) is 16.7 Å². The third-order valence-electron chi connectivity index (χ3n) is 9.87. The number of ether oxygens (including phenoxy) is 5. The molecule has 1 unspecified atom stereocenters. The number of piperazine rings is 1. The van der Waals surface area contributed by atoms with E-state index in [0.717, 1.165) is 29.5 Å². The smallest absolute Gasteiger partial charge is 0.408 e. The first kappa shape index (κ1) is 42.1. The lowest BCUT2D eigenvalue weighted by Crippen LogP contribution is -2.52. The van der Waals surface area contributed by atoms with Gasteiger partial charge in [-0.3, -0.25) is 4.79 Å². The number of fused-ring (bicyclic) bond motifs is 1. The molecule has 0 radical (unpaired) electrons. The van der Waals surface area contributed by atoms with E-state index in [1.165, 1.54) is 0 Å². The average Bonchev–Trinajstić information content (AvgIpc) is 3.23. The molecule has 1 aliphatic carbocycles. The van der Waals surface area contributed by atoms with Crippen LogP contribution in [0.1, 0.15) is 57.2 Å². The van der Waals surface area contributed by atoms with Gasteiger partial charge in [0.1, 0.15) is 30.4 Å². The van der Waals surface area contributed by atoms with Crippen molar-refractivity contribution >= 4 is 40.8 Å². The molecule has 2 atom stereocenters. The summed E-state index contributed by atoms with van der Waals surface area (Å²) in [6.07, 6.45) is 6.43. The van der Waals surface area contributed by atoms with Gasteiger partial charge >= 0.3 is 12.2 Å². The average molecular weight is 808 g/mol. The number of nitrogens with two attached hydrogens (primary N) is 1. The Balaban J connectivity index is 1.22.